The van der Waals surface area contributed by atoms with E-state index in [1.54, 1.807) is 18.1 Å². The van der Waals surface area contributed by atoms with E-state index in [9.17, 15) is 0 Å². The Morgan fingerprint density at radius 1 is 1.26 bits per heavy atom. The highest BCUT2D eigenvalue weighted by Crippen LogP contribution is 2.29. The van der Waals surface area contributed by atoms with E-state index in [0.29, 0.717) is 5.65 Å². The number of halogens is 2. The van der Waals surface area contributed by atoms with E-state index in [0.717, 1.165) is 31.4 Å². The molecule has 0 aliphatic rings. The molecule has 0 radical (unpaired) electrons. The van der Waals surface area contributed by atoms with Gasteiger partial charge in [-0.1, -0.05) is 45.4 Å². The number of fused-ring (bicyclic) bond motifs is 1. The molecule has 0 aliphatic heterocycles. The Bertz CT molecular complexity index is 731. The highest BCUT2D eigenvalue weighted by atomic mass is 79.9. The minimum Gasteiger partial charge on any atom is -0.341 e. The Morgan fingerprint density at radius 3 is 3.00 bits per heavy atom. The standard InChI is InChI=1S/C12H8BrClN4S/c13-8-2-1-7(9(14)3-8)4-19-12-10-11(16-5-15-10)17-6-18-12/h1-3,5-6H,4H2,(H,15,16,17,18). The van der Waals surface area contributed by atoms with Crippen LogP contribution in [0.3, 0.4) is 0 Å². The molecule has 96 valence electrons. The van der Waals surface area contributed by atoms with Crippen molar-refractivity contribution in [1.29, 1.82) is 0 Å². The van der Waals surface area contributed by atoms with Crippen molar-refractivity contribution >= 4 is 50.5 Å². The van der Waals surface area contributed by atoms with Crippen molar-refractivity contribution in [2.24, 2.45) is 0 Å². The highest BCUT2D eigenvalue weighted by Gasteiger charge is 2.08. The van der Waals surface area contributed by atoms with Crippen molar-refractivity contribution in [1.82, 2.24) is 19.9 Å². The summed E-state index contributed by atoms with van der Waals surface area (Å²) in [7, 11) is 0. The molecule has 0 spiro atoms. The Kier molecular flexibility index (Phi) is 3.72. The molecule has 1 aromatic carbocycles. The van der Waals surface area contributed by atoms with Gasteiger partial charge in [0.05, 0.1) is 6.33 Å². The Hall–Kier alpha value is -1.11. The Balaban J connectivity index is 1.84. The number of H-pyrrole nitrogens is 1. The van der Waals surface area contributed by atoms with Crippen LogP contribution in [0.15, 0.2) is 40.4 Å². The summed E-state index contributed by atoms with van der Waals surface area (Å²) in [5, 5.41) is 1.62. The highest BCUT2D eigenvalue weighted by molar-refractivity contribution is 9.10. The average Bonchev–Trinajstić information content (AvgIpc) is 2.86. The molecule has 19 heavy (non-hydrogen) atoms. The van der Waals surface area contributed by atoms with Crippen molar-refractivity contribution in [2.75, 3.05) is 0 Å². The van der Waals surface area contributed by atoms with E-state index < -0.39 is 0 Å². The van der Waals surface area contributed by atoms with Crippen molar-refractivity contribution in [2.45, 2.75) is 10.8 Å². The molecule has 3 aromatic rings. The van der Waals surface area contributed by atoms with Gasteiger partial charge in [-0.2, -0.15) is 0 Å². The number of nitrogens with one attached hydrogen (secondary N) is 1. The maximum absolute atomic E-state index is 6.20. The van der Waals surface area contributed by atoms with Gasteiger partial charge >= 0.3 is 0 Å². The largest absolute Gasteiger partial charge is 0.341 e. The predicted molar refractivity (Wildman–Crippen MR) is 80.4 cm³/mol. The van der Waals surface area contributed by atoms with E-state index in [2.05, 4.69) is 35.9 Å². The van der Waals surface area contributed by atoms with Crippen molar-refractivity contribution in [3.05, 3.63) is 45.9 Å². The topological polar surface area (TPSA) is 54.5 Å². The van der Waals surface area contributed by atoms with E-state index in [1.807, 2.05) is 18.2 Å². The zero-order valence-corrected chi connectivity index (χ0v) is 12.8. The fourth-order valence-electron chi connectivity index (χ4n) is 1.64. The fraction of sp³-hybridized carbons (Fsp3) is 0.0833. The summed E-state index contributed by atoms with van der Waals surface area (Å²) in [6.07, 6.45) is 3.14. The third-order valence-electron chi connectivity index (χ3n) is 2.57. The molecule has 0 bridgehead atoms. The number of aromatic amines is 1. The van der Waals surface area contributed by atoms with E-state index >= 15 is 0 Å². The van der Waals surface area contributed by atoms with Crippen LogP contribution in [0.25, 0.3) is 11.2 Å². The van der Waals surface area contributed by atoms with Gasteiger partial charge in [-0.05, 0) is 17.7 Å². The van der Waals surface area contributed by atoms with Crippen LogP contribution >= 0.6 is 39.3 Å². The first-order valence-corrected chi connectivity index (χ1v) is 7.60. The summed E-state index contributed by atoms with van der Waals surface area (Å²) < 4.78 is 0.976. The summed E-state index contributed by atoms with van der Waals surface area (Å²) >= 11 is 11.2. The lowest BCUT2D eigenvalue weighted by atomic mass is 10.2. The summed E-state index contributed by atoms with van der Waals surface area (Å²) in [6.45, 7) is 0. The van der Waals surface area contributed by atoms with E-state index in [4.69, 9.17) is 11.6 Å². The lowest BCUT2D eigenvalue weighted by Crippen LogP contribution is -1.88. The van der Waals surface area contributed by atoms with Crippen LogP contribution in [0.1, 0.15) is 5.56 Å². The number of rotatable bonds is 3. The minimum atomic E-state index is 0.680. The number of thioether (sulfide) groups is 1. The first kappa shape index (κ1) is 12.9. The first-order chi connectivity index (χ1) is 9.24. The molecule has 3 rings (SSSR count). The maximum Gasteiger partial charge on any atom is 0.181 e. The predicted octanol–water partition coefficient (Wildman–Crippen LogP) is 4.06. The molecule has 0 saturated carbocycles. The third kappa shape index (κ3) is 2.75. The van der Waals surface area contributed by atoms with Gasteiger partial charge < -0.3 is 4.98 Å². The second-order valence-corrected chi connectivity index (χ2v) is 6.09. The van der Waals surface area contributed by atoms with Crippen molar-refractivity contribution in [3.63, 3.8) is 0 Å². The molecule has 0 saturated heterocycles. The second-order valence-electron chi connectivity index (χ2n) is 3.80. The van der Waals surface area contributed by atoms with Gasteiger partial charge in [0.1, 0.15) is 16.9 Å². The van der Waals surface area contributed by atoms with Crippen LogP contribution in [0.2, 0.25) is 5.02 Å². The molecule has 0 fully saturated rings. The summed E-state index contributed by atoms with van der Waals surface area (Å²) in [5.41, 5.74) is 2.61. The van der Waals surface area contributed by atoms with Gasteiger partial charge in [0, 0.05) is 15.2 Å². The Labute approximate surface area is 127 Å². The smallest absolute Gasteiger partial charge is 0.181 e. The number of hydrogen-bond acceptors (Lipinski definition) is 4. The molecule has 0 amide bonds. The maximum atomic E-state index is 6.20. The second kappa shape index (κ2) is 5.48. The van der Waals surface area contributed by atoms with Crippen LogP contribution in [-0.4, -0.2) is 19.9 Å². The van der Waals surface area contributed by atoms with Crippen LogP contribution < -0.4 is 0 Å². The zero-order chi connectivity index (χ0) is 13.2. The quantitative estimate of drug-likeness (QED) is 0.568. The van der Waals surface area contributed by atoms with Crippen LogP contribution in [0.5, 0.6) is 0 Å². The molecule has 0 unspecified atom stereocenters. The summed E-state index contributed by atoms with van der Waals surface area (Å²) in [5.74, 6) is 0.747. The molecule has 4 nitrogen and oxygen atoms in total. The zero-order valence-electron chi connectivity index (χ0n) is 9.60. The van der Waals surface area contributed by atoms with Crippen molar-refractivity contribution in [3.8, 4) is 0 Å². The molecule has 1 N–H and O–H groups in total. The lowest BCUT2D eigenvalue weighted by molar-refractivity contribution is 1.08. The van der Waals surface area contributed by atoms with Gasteiger partial charge in [0.15, 0.2) is 5.65 Å². The Morgan fingerprint density at radius 2 is 2.16 bits per heavy atom. The van der Waals surface area contributed by atoms with Gasteiger partial charge in [-0.25, -0.2) is 15.0 Å². The molecule has 0 aliphatic carbocycles. The first-order valence-electron chi connectivity index (χ1n) is 5.45. The fourth-order valence-corrected chi connectivity index (χ4v) is 3.42. The van der Waals surface area contributed by atoms with Gasteiger partial charge in [-0.3, -0.25) is 0 Å². The number of hydrogen-bond donors (Lipinski definition) is 1. The molecular formula is C12H8BrClN4S. The van der Waals surface area contributed by atoms with Crippen LogP contribution in [-0.2, 0) is 5.75 Å². The third-order valence-corrected chi connectivity index (χ3v) is 4.45. The van der Waals surface area contributed by atoms with Crippen LogP contribution in [0.4, 0.5) is 0 Å². The SMILES string of the molecule is Clc1cc(Br)ccc1CSc1ncnc2nc[nH]c12. The summed E-state index contributed by atoms with van der Waals surface area (Å²) in [6, 6.07) is 5.88. The minimum absolute atomic E-state index is 0.680. The monoisotopic (exact) mass is 354 g/mol. The summed E-state index contributed by atoms with van der Waals surface area (Å²) in [4.78, 5) is 15.5. The van der Waals surface area contributed by atoms with Gasteiger partial charge in [0.25, 0.3) is 0 Å². The molecule has 0 atom stereocenters. The molecular weight excluding hydrogens is 348 g/mol. The van der Waals surface area contributed by atoms with E-state index in [-0.39, 0.29) is 0 Å². The van der Waals surface area contributed by atoms with Gasteiger partial charge in [0.2, 0.25) is 0 Å². The van der Waals surface area contributed by atoms with Crippen molar-refractivity contribution < 1.29 is 0 Å². The number of benzene rings is 1. The number of imidazole rings is 1. The number of nitrogens with zero attached hydrogens (tertiary/aromatic N) is 3. The molecule has 2 heterocycles. The molecule has 2 aromatic heterocycles. The molecule has 7 heteroatoms. The van der Waals surface area contributed by atoms with Crippen LogP contribution in [0, 0.1) is 0 Å². The number of aromatic nitrogens is 4. The average molecular weight is 356 g/mol. The van der Waals surface area contributed by atoms with Gasteiger partial charge in [-0.15, -0.1) is 0 Å². The van der Waals surface area contributed by atoms with E-state index in [1.165, 1.54) is 6.33 Å². The lowest BCUT2D eigenvalue weighted by Gasteiger charge is -2.04. The normalized spacial score (nSPS) is 11.1.